The van der Waals surface area contributed by atoms with E-state index in [2.05, 4.69) is 10.6 Å². The zero-order valence-electron chi connectivity index (χ0n) is 11.1. The van der Waals surface area contributed by atoms with Crippen molar-refractivity contribution in [1.29, 1.82) is 0 Å². The molecule has 0 bridgehead atoms. The number of hydrogen-bond donors (Lipinski definition) is 2. The van der Waals surface area contributed by atoms with E-state index in [1.165, 1.54) is 12.5 Å². The normalized spacial score (nSPS) is 26.3. The van der Waals surface area contributed by atoms with Gasteiger partial charge in [-0.15, -0.1) is 0 Å². The minimum Gasteiger partial charge on any atom is -0.380 e. The Bertz CT molecular complexity index is 515. The second-order valence-corrected chi connectivity index (χ2v) is 5.63. The number of hydrogen-bond acceptors (Lipinski definition) is 2. The van der Waals surface area contributed by atoms with E-state index in [-0.39, 0.29) is 23.7 Å². The van der Waals surface area contributed by atoms with Gasteiger partial charge >= 0.3 is 0 Å². The van der Waals surface area contributed by atoms with Crippen molar-refractivity contribution in [3.63, 3.8) is 0 Å². The molecule has 3 rings (SSSR count). The van der Waals surface area contributed by atoms with E-state index in [1.54, 1.807) is 13.0 Å². The summed E-state index contributed by atoms with van der Waals surface area (Å²) in [4.78, 5) is 12.3. The maximum atomic E-state index is 13.6. The molecule has 1 aromatic carbocycles. The molecule has 3 nitrogen and oxygen atoms in total. The third-order valence-electron chi connectivity index (χ3n) is 4.25. The van der Waals surface area contributed by atoms with Crippen molar-refractivity contribution in [2.75, 3.05) is 10.6 Å². The number of carbonyl (C=O) groups excluding carboxylic acids is 1. The first kappa shape index (κ1) is 12.5. The van der Waals surface area contributed by atoms with E-state index in [9.17, 15) is 9.18 Å². The average Bonchev–Trinajstić information content (AvgIpc) is 2.65. The standard InChI is InChI=1S/C15H19FN2O/c1-9-7-13-14(8-11(9)16)18-15(19)10-5-3-2-4-6-12(10)17-13/h7-8,10,12,17H,2-6H2,1H3,(H,18,19). The summed E-state index contributed by atoms with van der Waals surface area (Å²) < 4.78 is 13.6. The molecular weight excluding hydrogens is 243 g/mol. The van der Waals surface area contributed by atoms with E-state index in [0.29, 0.717) is 11.3 Å². The molecule has 1 saturated carbocycles. The minimum absolute atomic E-state index is 0.00160. The van der Waals surface area contributed by atoms with Crippen LogP contribution in [0.1, 0.15) is 37.7 Å². The van der Waals surface area contributed by atoms with Crippen LogP contribution in [-0.2, 0) is 4.79 Å². The van der Waals surface area contributed by atoms with Gasteiger partial charge in [-0.3, -0.25) is 4.79 Å². The smallest absolute Gasteiger partial charge is 0.229 e. The van der Waals surface area contributed by atoms with Crippen LogP contribution in [-0.4, -0.2) is 11.9 Å². The van der Waals surface area contributed by atoms with Crippen LogP contribution in [0.3, 0.4) is 0 Å². The third kappa shape index (κ3) is 2.31. The van der Waals surface area contributed by atoms with Crippen LogP contribution in [0.15, 0.2) is 12.1 Å². The maximum Gasteiger partial charge on any atom is 0.229 e. The van der Waals surface area contributed by atoms with Crippen LogP contribution in [0.2, 0.25) is 0 Å². The molecule has 0 saturated heterocycles. The lowest BCUT2D eigenvalue weighted by molar-refractivity contribution is -0.120. The molecule has 2 atom stereocenters. The molecule has 1 aliphatic heterocycles. The monoisotopic (exact) mass is 262 g/mol. The zero-order chi connectivity index (χ0) is 13.4. The third-order valence-corrected chi connectivity index (χ3v) is 4.25. The summed E-state index contributed by atoms with van der Waals surface area (Å²) in [5.74, 6) is -0.248. The fourth-order valence-corrected chi connectivity index (χ4v) is 3.12. The Labute approximate surface area is 112 Å². The Balaban J connectivity index is 1.98. The number of rotatable bonds is 0. The highest BCUT2D eigenvalue weighted by Gasteiger charge is 2.33. The largest absolute Gasteiger partial charge is 0.380 e. The topological polar surface area (TPSA) is 41.1 Å². The summed E-state index contributed by atoms with van der Waals surface area (Å²) in [5.41, 5.74) is 2.02. The van der Waals surface area contributed by atoms with Crippen LogP contribution in [0, 0.1) is 18.7 Å². The molecule has 19 heavy (non-hydrogen) atoms. The molecular formula is C15H19FN2O. The van der Waals surface area contributed by atoms with Gasteiger partial charge in [-0.2, -0.15) is 0 Å². The van der Waals surface area contributed by atoms with Crippen molar-refractivity contribution in [1.82, 2.24) is 0 Å². The number of amides is 1. The molecule has 0 aromatic heterocycles. The lowest BCUT2D eigenvalue weighted by Crippen LogP contribution is -2.34. The Morgan fingerprint density at radius 3 is 2.79 bits per heavy atom. The number of aryl methyl sites for hydroxylation is 1. The number of halogens is 1. The fourth-order valence-electron chi connectivity index (χ4n) is 3.12. The van der Waals surface area contributed by atoms with E-state index in [1.807, 2.05) is 0 Å². The number of nitrogens with one attached hydrogen (secondary N) is 2. The van der Waals surface area contributed by atoms with Gasteiger partial charge in [0, 0.05) is 6.04 Å². The number of anilines is 2. The summed E-state index contributed by atoms with van der Waals surface area (Å²) >= 11 is 0. The molecule has 102 valence electrons. The van der Waals surface area contributed by atoms with Crippen molar-refractivity contribution in [2.45, 2.75) is 45.1 Å². The first-order chi connectivity index (χ1) is 9.15. The molecule has 2 N–H and O–H groups in total. The van der Waals surface area contributed by atoms with Crippen molar-refractivity contribution in [2.24, 2.45) is 5.92 Å². The van der Waals surface area contributed by atoms with Gasteiger partial charge in [0.05, 0.1) is 17.3 Å². The Hall–Kier alpha value is -1.58. The summed E-state index contributed by atoms with van der Waals surface area (Å²) in [6.45, 7) is 1.74. The summed E-state index contributed by atoms with van der Waals surface area (Å²) in [7, 11) is 0. The Morgan fingerprint density at radius 2 is 1.95 bits per heavy atom. The van der Waals surface area contributed by atoms with Crippen LogP contribution in [0.4, 0.5) is 15.8 Å². The van der Waals surface area contributed by atoms with E-state index in [4.69, 9.17) is 0 Å². The van der Waals surface area contributed by atoms with Gasteiger partial charge < -0.3 is 10.6 Å². The van der Waals surface area contributed by atoms with Crippen molar-refractivity contribution in [3.8, 4) is 0 Å². The van der Waals surface area contributed by atoms with Crippen molar-refractivity contribution in [3.05, 3.63) is 23.5 Å². The van der Waals surface area contributed by atoms with Crippen molar-refractivity contribution < 1.29 is 9.18 Å². The molecule has 1 fully saturated rings. The van der Waals surface area contributed by atoms with Crippen LogP contribution in [0.5, 0.6) is 0 Å². The van der Waals surface area contributed by atoms with E-state index in [0.717, 1.165) is 31.4 Å². The number of benzene rings is 1. The molecule has 4 heteroatoms. The van der Waals surface area contributed by atoms with Crippen molar-refractivity contribution >= 4 is 17.3 Å². The molecule has 2 unspecified atom stereocenters. The summed E-state index contributed by atoms with van der Waals surface area (Å²) in [5, 5.41) is 6.33. The number of fused-ring (bicyclic) bond motifs is 2. The highest BCUT2D eigenvalue weighted by atomic mass is 19.1. The molecule has 0 spiro atoms. The Morgan fingerprint density at radius 1 is 1.16 bits per heavy atom. The van der Waals surface area contributed by atoms with E-state index >= 15 is 0 Å². The van der Waals surface area contributed by atoms with Gasteiger partial charge in [0.2, 0.25) is 5.91 Å². The van der Waals surface area contributed by atoms with Crippen LogP contribution in [0.25, 0.3) is 0 Å². The van der Waals surface area contributed by atoms with Gasteiger partial charge in [0.15, 0.2) is 0 Å². The second kappa shape index (κ2) is 4.83. The summed E-state index contributed by atoms with van der Waals surface area (Å²) in [6, 6.07) is 3.38. The lowest BCUT2D eigenvalue weighted by atomic mass is 9.94. The fraction of sp³-hybridized carbons (Fsp3) is 0.533. The zero-order valence-corrected chi connectivity index (χ0v) is 11.1. The molecule has 1 heterocycles. The highest BCUT2D eigenvalue weighted by molar-refractivity contribution is 5.98. The first-order valence-corrected chi connectivity index (χ1v) is 7.02. The second-order valence-electron chi connectivity index (χ2n) is 5.63. The van der Waals surface area contributed by atoms with Crippen LogP contribution < -0.4 is 10.6 Å². The lowest BCUT2D eigenvalue weighted by Gasteiger charge is -2.22. The molecule has 0 radical (unpaired) electrons. The molecule has 1 aliphatic carbocycles. The SMILES string of the molecule is Cc1cc2c(cc1F)NC(=O)C1CCCCCC1N2. The predicted molar refractivity (Wildman–Crippen MR) is 73.8 cm³/mol. The van der Waals surface area contributed by atoms with Crippen LogP contribution >= 0.6 is 0 Å². The maximum absolute atomic E-state index is 13.6. The Kier molecular flexibility index (Phi) is 3.17. The first-order valence-electron chi connectivity index (χ1n) is 7.02. The van der Waals surface area contributed by atoms with E-state index < -0.39 is 0 Å². The van der Waals surface area contributed by atoms with Gasteiger partial charge in [-0.1, -0.05) is 19.3 Å². The van der Waals surface area contributed by atoms with Gasteiger partial charge in [0.25, 0.3) is 0 Å². The molecule has 2 aliphatic rings. The highest BCUT2D eigenvalue weighted by Crippen LogP contribution is 2.35. The molecule has 1 aromatic rings. The minimum atomic E-state index is -0.275. The van der Waals surface area contributed by atoms with Gasteiger partial charge in [-0.25, -0.2) is 4.39 Å². The summed E-state index contributed by atoms with van der Waals surface area (Å²) in [6.07, 6.45) is 5.36. The van der Waals surface area contributed by atoms with Gasteiger partial charge in [-0.05, 0) is 37.5 Å². The predicted octanol–water partition coefficient (Wildman–Crippen LogP) is 3.45. The quantitative estimate of drug-likeness (QED) is 0.752. The number of carbonyl (C=O) groups is 1. The molecule has 1 amide bonds. The van der Waals surface area contributed by atoms with Gasteiger partial charge in [0.1, 0.15) is 5.82 Å². The average molecular weight is 262 g/mol.